The van der Waals surface area contributed by atoms with Crippen LogP contribution in [-0.2, 0) is 0 Å². The number of benzene rings is 2. The molecule has 0 aliphatic heterocycles. The van der Waals surface area contributed by atoms with E-state index in [9.17, 15) is 0 Å². The lowest BCUT2D eigenvalue weighted by atomic mass is 10.2. The molecule has 0 aliphatic carbocycles. The summed E-state index contributed by atoms with van der Waals surface area (Å²) in [6, 6.07) is 18.5. The molecule has 0 saturated carbocycles. The maximum absolute atomic E-state index is 4.53. The molecular weight excluding hydrogens is 408 g/mol. The minimum atomic E-state index is 0.796. The smallest absolute Gasteiger partial charge is 0.204 e. The van der Waals surface area contributed by atoms with Gasteiger partial charge in [0.05, 0.1) is 16.4 Å². The molecule has 0 amide bonds. The number of rotatable bonds is 4. The van der Waals surface area contributed by atoms with Gasteiger partial charge in [0.1, 0.15) is 0 Å². The molecule has 0 bridgehead atoms. The van der Waals surface area contributed by atoms with Crippen LogP contribution in [0.25, 0.3) is 15.9 Å². The summed E-state index contributed by atoms with van der Waals surface area (Å²) in [7, 11) is 0. The zero-order valence-corrected chi connectivity index (χ0v) is 16.8. The van der Waals surface area contributed by atoms with Crippen molar-refractivity contribution in [2.75, 3.05) is 5.43 Å². The first-order valence-corrected chi connectivity index (χ1v) is 9.82. The van der Waals surface area contributed by atoms with E-state index in [-0.39, 0.29) is 0 Å². The number of aromatic nitrogens is 2. The van der Waals surface area contributed by atoms with Gasteiger partial charge in [-0.25, -0.2) is 4.98 Å². The number of para-hydroxylation sites is 1. The molecule has 4 aromatic rings. The van der Waals surface area contributed by atoms with Crippen LogP contribution in [0.5, 0.6) is 0 Å². The van der Waals surface area contributed by atoms with E-state index in [1.165, 1.54) is 5.69 Å². The second kappa shape index (κ2) is 7.05. The van der Waals surface area contributed by atoms with E-state index in [4.69, 9.17) is 0 Å². The van der Waals surface area contributed by atoms with Crippen LogP contribution >= 0.6 is 27.3 Å². The van der Waals surface area contributed by atoms with E-state index in [2.05, 4.69) is 86.3 Å². The number of aryl methyl sites for hydroxylation is 1. The second-order valence-electron chi connectivity index (χ2n) is 6.00. The largest absolute Gasteiger partial charge is 0.318 e. The predicted octanol–water partition coefficient (Wildman–Crippen LogP) is 5.91. The molecule has 130 valence electrons. The minimum Gasteiger partial charge on any atom is -0.318 e. The fraction of sp³-hybridized carbons (Fsp3) is 0.100. The summed E-state index contributed by atoms with van der Waals surface area (Å²) in [5.41, 5.74) is 8.58. The summed E-state index contributed by atoms with van der Waals surface area (Å²) < 4.78 is 4.45. The highest BCUT2D eigenvalue weighted by Crippen LogP contribution is 2.25. The Morgan fingerprint density at radius 3 is 2.65 bits per heavy atom. The molecule has 0 saturated heterocycles. The van der Waals surface area contributed by atoms with Gasteiger partial charge in [0.2, 0.25) is 5.13 Å². The molecule has 0 spiro atoms. The number of hydrogen-bond acceptors (Lipinski definition) is 4. The van der Waals surface area contributed by atoms with E-state index >= 15 is 0 Å². The standard InChI is InChI=1S/C20H17BrN4S/c1-13-11-15(14(2)25(13)17-9-7-16(21)8-10-17)12-22-24-20-23-18-5-3-4-6-19(18)26-20/h3-12H,1-2H3,(H,23,24)/b22-12-. The SMILES string of the molecule is Cc1cc(/C=N\Nc2nc3ccccc3s2)c(C)n1-c1ccc(Br)cc1. The molecule has 1 N–H and O–H groups in total. The van der Waals surface area contributed by atoms with Gasteiger partial charge < -0.3 is 4.57 Å². The van der Waals surface area contributed by atoms with Crippen molar-refractivity contribution in [2.24, 2.45) is 5.10 Å². The monoisotopic (exact) mass is 424 g/mol. The number of halogens is 1. The quantitative estimate of drug-likeness (QED) is 0.326. The summed E-state index contributed by atoms with van der Waals surface area (Å²) in [4.78, 5) is 4.53. The van der Waals surface area contributed by atoms with Crippen molar-refractivity contribution in [3.05, 3.63) is 76.0 Å². The number of anilines is 1. The molecule has 26 heavy (non-hydrogen) atoms. The Bertz CT molecular complexity index is 1060. The molecule has 2 heterocycles. The Morgan fingerprint density at radius 2 is 1.88 bits per heavy atom. The lowest BCUT2D eigenvalue weighted by Gasteiger charge is -2.09. The van der Waals surface area contributed by atoms with Crippen LogP contribution in [0.1, 0.15) is 17.0 Å². The van der Waals surface area contributed by atoms with Crippen molar-refractivity contribution in [3.63, 3.8) is 0 Å². The summed E-state index contributed by atoms with van der Waals surface area (Å²) in [5, 5.41) is 5.18. The van der Waals surface area contributed by atoms with Crippen LogP contribution < -0.4 is 5.43 Å². The Kier molecular flexibility index (Phi) is 4.61. The third kappa shape index (κ3) is 3.30. The Morgan fingerprint density at radius 1 is 1.12 bits per heavy atom. The van der Waals surface area contributed by atoms with Crippen LogP contribution in [-0.4, -0.2) is 15.8 Å². The molecular formula is C20H17BrN4S. The van der Waals surface area contributed by atoms with E-state index in [0.717, 1.165) is 36.8 Å². The lowest BCUT2D eigenvalue weighted by Crippen LogP contribution is -1.99. The Hall–Kier alpha value is -2.44. The number of hydrazone groups is 1. The normalized spacial score (nSPS) is 11.5. The zero-order valence-electron chi connectivity index (χ0n) is 14.4. The van der Waals surface area contributed by atoms with Gasteiger partial charge in [0.25, 0.3) is 0 Å². The predicted molar refractivity (Wildman–Crippen MR) is 114 cm³/mol. The molecule has 0 atom stereocenters. The number of nitrogens with one attached hydrogen (secondary N) is 1. The Labute approximate surface area is 164 Å². The summed E-state index contributed by atoms with van der Waals surface area (Å²) in [5.74, 6) is 0. The first-order chi connectivity index (χ1) is 12.6. The fourth-order valence-corrected chi connectivity index (χ4v) is 4.06. The highest BCUT2D eigenvalue weighted by Gasteiger charge is 2.09. The van der Waals surface area contributed by atoms with Crippen molar-refractivity contribution in [2.45, 2.75) is 13.8 Å². The van der Waals surface area contributed by atoms with Crippen LogP contribution in [0.2, 0.25) is 0 Å². The minimum absolute atomic E-state index is 0.796. The summed E-state index contributed by atoms with van der Waals surface area (Å²) >= 11 is 5.08. The van der Waals surface area contributed by atoms with Gasteiger partial charge in [-0.05, 0) is 56.3 Å². The molecule has 6 heteroatoms. The maximum Gasteiger partial charge on any atom is 0.204 e. The van der Waals surface area contributed by atoms with Gasteiger partial charge in [0.15, 0.2) is 0 Å². The molecule has 2 aromatic carbocycles. The summed E-state index contributed by atoms with van der Waals surface area (Å²) in [6.07, 6.45) is 1.85. The van der Waals surface area contributed by atoms with Crippen molar-refractivity contribution in [3.8, 4) is 5.69 Å². The van der Waals surface area contributed by atoms with E-state index in [0.29, 0.717) is 0 Å². The zero-order chi connectivity index (χ0) is 18.1. The van der Waals surface area contributed by atoms with Crippen LogP contribution in [0, 0.1) is 13.8 Å². The molecule has 4 nitrogen and oxygen atoms in total. The van der Waals surface area contributed by atoms with E-state index in [1.807, 2.05) is 24.4 Å². The van der Waals surface area contributed by atoms with Crippen molar-refractivity contribution in [1.82, 2.24) is 9.55 Å². The summed E-state index contributed by atoms with van der Waals surface area (Å²) in [6.45, 7) is 4.21. The van der Waals surface area contributed by atoms with Gasteiger partial charge in [-0.2, -0.15) is 5.10 Å². The first-order valence-electron chi connectivity index (χ1n) is 8.21. The number of hydrogen-bond donors (Lipinski definition) is 1. The maximum atomic E-state index is 4.53. The average molecular weight is 425 g/mol. The molecule has 0 aliphatic rings. The van der Waals surface area contributed by atoms with Crippen molar-refractivity contribution < 1.29 is 0 Å². The van der Waals surface area contributed by atoms with E-state index < -0.39 is 0 Å². The lowest BCUT2D eigenvalue weighted by molar-refractivity contribution is 0.964. The van der Waals surface area contributed by atoms with Crippen LogP contribution in [0.3, 0.4) is 0 Å². The topological polar surface area (TPSA) is 42.2 Å². The fourth-order valence-electron chi connectivity index (χ4n) is 2.98. The van der Waals surface area contributed by atoms with Crippen LogP contribution in [0.4, 0.5) is 5.13 Å². The molecule has 0 fully saturated rings. The van der Waals surface area contributed by atoms with Gasteiger partial charge in [0, 0.05) is 27.1 Å². The van der Waals surface area contributed by atoms with Gasteiger partial charge >= 0.3 is 0 Å². The third-order valence-corrected chi connectivity index (χ3v) is 5.68. The van der Waals surface area contributed by atoms with Gasteiger partial charge in [-0.15, -0.1) is 0 Å². The number of thiazole rings is 1. The molecule has 0 unspecified atom stereocenters. The van der Waals surface area contributed by atoms with E-state index in [1.54, 1.807) is 11.3 Å². The van der Waals surface area contributed by atoms with Gasteiger partial charge in [-0.1, -0.05) is 39.4 Å². The molecule has 2 aromatic heterocycles. The Balaban J connectivity index is 1.57. The van der Waals surface area contributed by atoms with Crippen molar-refractivity contribution in [1.29, 1.82) is 0 Å². The van der Waals surface area contributed by atoms with Crippen molar-refractivity contribution >= 4 is 48.8 Å². The highest BCUT2D eigenvalue weighted by molar-refractivity contribution is 9.10. The van der Waals surface area contributed by atoms with Gasteiger partial charge in [-0.3, -0.25) is 5.43 Å². The average Bonchev–Trinajstić information content (AvgIpc) is 3.17. The first kappa shape index (κ1) is 17.0. The highest BCUT2D eigenvalue weighted by atomic mass is 79.9. The number of nitrogens with zero attached hydrogens (tertiary/aromatic N) is 3. The number of fused-ring (bicyclic) bond motifs is 1. The molecule has 4 rings (SSSR count). The molecule has 0 radical (unpaired) electrons. The van der Waals surface area contributed by atoms with Crippen LogP contribution in [0.15, 0.2) is 64.2 Å². The third-order valence-electron chi connectivity index (χ3n) is 4.21. The second-order valence-corrected chi connectivity index (χ2v) is 7.94.